The number of anilines is 2. The number of nitrogens with zero attached hydrogens (tertiary/aromatic N) is 1. The highest BCUT2D eigenvalue weighted by atomic mass is 19.4. The molecule has 4 nitrogen and oxygen atoms in total. The number of rotatable bonds is 3. The molecule has 1 saturated heterocycles. The maximum absolute atomic E-state index is 12.6. The van der Waals surface area contributed by atoms with Crippen LogP contribution < -0.4 is 10.2 Å². The smallest absolute Gasteiger partial charge is 0.325 e. The van der Waals surface area contributed by atoms with Crippen molar-refractivity contribution in [1.29, 1.82) is 0 Å². The molecule has 1 N–H and O–H groups in total. The Morgan fingerprint density at radius 1 is 0.862 bits per heavy atom. The minimum atomic E-state index is -4.51. The summed E-state index contributed by atoms with van der Waals surface area (Å²) in [4.78, 5) is 26.0. The molecule has 10 heteroatoms. The summed E-state index contributed by atoms with van der Waals surface area (Å²) in [5.41, 5.74) is -1.40. The summed E-state index contributed by atoms with van der Waals surface area (Å²) in [5.74, 6) is -2.36. The number of carbonyl (C=O) groups excluding carboxylic acids is 2. The second-order valence-electron chi connectivity index (χ2n) is 6.44. The zero-order chi connectivity index (χ0) is 21.4. The highest BCUT2D eigenvalue weighted by Gasteiger charge is 2.38. The van der Waals surface area contributed by atoms with Crippen molar-refractivity contribution < 1.29 is 35.9 Å². The van der Waals surface area contributed by atoms with Gasteiger partial charge in [-0.15, -0.1) is 0 Å². The molecule has 3 rings (SSSR count). The third-order valence-corrected chi connectivity index (χ3v) is 4.51. The number of benzene rings is 2. The van der Waals surface area contributed by atoms with Crippen molar-refractivity contribution >= 4 is 23.2 Å². The molecule has 0 spiro atoms. The lowest BCUT2D eigenvalue weighted by molar-refractivity contribution is -0.138. The Labute approximate surface area is 161 Å². The maximum atomic E-state index is 12.6. The fourth-order valence-corrected chi connectivity index (χ4v) is 2.98. The molecule has 0 saturated carbocycles. The van der Waals surface area contributed by atoms with Crippen LogP contribution in [0.5, 0.6) is 0 Å². The van der Waals surface area contributed by atoms with E-state index < -0.39 is 41.2 Å². The Morgan fingerprint density at radius 2 is 1.34 bits per heavy atom. The van der Waals surface area contributed by atoms with Crippen molar-refractivity contribution in [3.63, 3.8) is 0 Å². The van der Waals surface area contributed by atoms with Gasteiger partial charge in [0.15, 0.2) is 0 Å². The molecule has 0 radical (unpaired) electrons. The first-order valence-corrected chi connectivity index (χ1v) is 8.43. The number of alkyl halides is 6. The molecule has 0 bridgehead atoms. The summed E-state index contributed by atoms with van der Waals surface area (Å²) in [5, 5.41) is 2.39. The molecule has 2 aromatic rings. The van der Waals surface area contributed by atoms with Crippen LogP contribution in [0.15, 0.2) is 48.5 Å². The lowest BCUT2D eigenvalue weighted by Crippen LogP contribution is -2.33. The lowest BCUT2D eigenvalue weighted by atomic mass is 10.1. The van der Waals surface area contributed by atoms with E-state index in [1.54, 1.807) is 0 Å². The topological polar surface area (TPSA) is 49.4 Å². The quantitative estimate of drug-likeness (QED) is 0.582. The van der Waals surface area contributed by atoms with Crippen LogP contribution in [0.2, 0.25) is 0 Å². The molecular formula is C19H14F6N2O2. The van der Waals surface area contributed by atoms with Crippen LogP contribution in [-0.4, -0.2) is 18.4 Å². The number of hydrogen-bond donors (Lipinski definition) is 1. The van der Waals surface area contributed by atoms with E-state index >= 15 is 0 Å². The third kappa shape index (κ3) is 4.52. The van der Waals surface area contributed by atoms with Gasteiger partial charge in [0.1, 0.15) is 5.92 Å². The average molecular weight is 416 g/mol. The van der Waals surface area contributed by atoms with Crippen LogP contribution in [0.25, 0.3) is 0 Å². The zero-order valence-corrected chi connectivity index (χ0v) is 14.6. The van der Waals surface area contributed by atoms with Crippen molar-refractivity contribution in [1.82, 2.24) is 0 Å². The predicted octanol–water partition coefficient (Wildman–Crippen LogP) is 4.72. The van der Waals surface area contributed by atoms with E-state index in [-0.39, 0.29) is 24.3 Å². The Bertz CT molecular complexity index is 904. The summed E-state index contributed by atoms with van der Waals surface area (Å²) in [6.07, 6.45) is -8.88. The summed E-state index contributed by atoms with van der Waals surface area (Å²) < 4.78 is 75.6. The van der Waals surface area contributed by atoms with Gasteiger partial charge in [0.05, 0.1) is 11.1 Å². The average Bonchev–Trinajstić information content (AvgIpc) is 3.02. The molecule has 29 heavy (non-hydrogen) atoms. The van der Waals surface area contributed by atoms with Crippen molar-refractivity contribution in [3.05, 3.63) is 59.7 Å². The molecule has 154 valence electrons. The Balaban J connectivity index is 1.67. The van der Waals surface area contributed by atoms with Gasteiger partial charge in [-0.2, -0.15) is 26.3 Å². The number of halogens is 6. The maximum Gasteiger partial charge on any atom is 0.416 e. The summed E-state index contributed by atoms with van der Waals surface area (Å²) >= 11 is 0. The molecule has 2 amide bonds. The molecule has 1 atom stereocenters. The first-order valence-electron chi connectivity index (χ1n) is 8.43. The molecule has 0 aliphatic carbocycles. The van der Waals surface area contributed by atoms with Gasteiger partial charge in [-0.3, -0.25) is 9.59 Å². The fraction of sp³-hybridized carbons (Fsp3) is 0.263. The van der Waals surface area contributed by atoms with E-state index in [9.17, 15) is 35.9 Å². The van der Waals surface area contributed by atoms with E-state index in [4.69, 9.17) is 0 Å². The van der Waals surface area contributed by atoms with Crippen LogP contribution in [0.4, 0.5) is 37.7 Å². The lowest BCUT2D eigenvalue weighted by Gasteiger charge is -2.18. The third-order valence-electron chi connectivity index (χ3n) is 4.51. The van der Waals surface area contributed by atoms with E-state index in [0.29, 0.717) is 0 Å². The van der Waals surface area contributed by atoms with Gasteiger partial charge in [-0.25, -0.2) is 0 Å². The van der Waals surface area contributed by atoms with Gasteiger partial charge in [-0.1, -0.05) is 0 Å². The summed E-state index contributed by atoms with van der Waals surface area (Å²) in [7, 11) is 0. The summed E-state index contributed by atoms with van der Waals surface area (Å²) in [6, 6.07) is 7.76. The van der Waals surface area contributed by atoms with Gasteiger partial charge in [0, 0.05) is 17.9 Å². The van der Waals surface area contributed by atoms with Crippen LogP contribution >= 0.6 is 0 Å². The van der Waals surface area contributed by atoms with E-state index in [1.165, 1.54) is 4.90 Å². The molecule has 1 fully saturated rings. The Morgan fingerprint density at radius 3 is 1.83 bits per heavy atom. The molecule has 1 heterocycles. The monoisotopic (exact) mass is 416 g/mol. The number of hydrogen-bond acceptors (Lipinski definition) is 2. The van der Waals surface area contributed by atoms with Crippen LogP contribution in [0.1, 0.15) is 17.5 Å². The van der Waals surface area contributed by atoms with Crippen LogP contribution in [0.3, 0.4) is 0 Å². The Kier molecular flexibility index (Phi) is 5.29. The zero-order valence-electron chi connectivity index (χ0n) is 14.6. The molecule has 1 aliphatic rings. The minimum Gasteiger partial charge on any atom is -0.325 e. The van der Waals surface area contributed by atoms with Crippen molar-refractivity contribution in [2.75, 3.05) is 16.8 Å². The molecule has 1 aliphatic heterocycles. The Hall–Kier alpha value is -3.04. The van der Waals surface area contributed by atoms with E-state index in [2.05, 4.69) is 5.32 Å². The van der Waals surface area contributed by atoms with Crippen molar-refractivity contribution in [3.8, 4) is 0 Å². The minimum absolute atomic E-state index is 0.101. The van der Waals surface area contributed by atoms with E-state index in [0.717, 1.165) is 48.5 Å². The molecular weight excluding hydrogens is 402 g/mol. The molecule has 2 aromatic carbocycles. The van der Waals surface area contributed by atoms with Gasteiger partial charge in [-0.05, 0) is 55.0 Å². The second-order valence-corrected chi connectivity index (χ2v) is 6.44. The van der Waals surface area contributed by atoms with Crippen LogP contribution in [-0.2, 0) is 21.9 Å². The van der Waals surface area contributed by atoms with Crippen molar-refractivity contribution in [2.24, 2.45) is 5.92 Å². The fourth-order valence-electron chi connectivity index (χ4n) is 2.98. The number of carbonyl (C=O) groups is 2. The van der Waals surface area contributed by atoms with Gasteiger partial charge >= 0.3 is 12.4 Å². The SMILES string of the molecule is O=C(Nc1ccc(C(F)(F)F)cc1)[C@@H]1CCN(c2ccc(C(F)(F)F)cc2)C1=O. The largest absolute Gasteiger partial charge is 0.416 e. The molecule has 0 aromatic heterocycles. The van der Waals surface area contributed by atoms with Gasteiger partial charge in [0.2, 0.25) is 11.8 Å². The number of nitrogens with one attached hydrogen (secondary N) is 1. The standard InChI is InChI=1S/C19H14F6N2O2/c20-18(21,22)11-1-5-13(6-2-11)26-16(28)15-9-10-27(17(15)29)14-7-3-12(4-8-14)19(23,24)25/h1-8,15H,9-10H2,(H,26,28)/t15-/m0/s1. The normalized spacial score (nSPS) is 17.5. The molecule has 0 unspecified atom stereocenters. The predicted molar refractivity (Wildman–Crippen MR) is 92.0 cm³/mol. The van der Waals surface area contributed by atoms with E-state index in [1.807, 2.05) is 0 Å². The van der Waals surface area contributed by atoms with Gasteiger partial charge in [0.25, 0.3) is 0 Å². The van der Waals surface area contributed by atoms with Crippen LogP contribution in [0, 0.1) is 5.92 Å². The van der Waals surface area contributed by atoms with Gasteiger partial charge < -0.3 is 10.2 Å². The van der Waals surface area contributed by atoms with Crippen molar-refractivity contribution in [2.45, 2.75) is 18.8 Å². The highest BCUT2D eigenvalue weighted by Crippen LogP contribution is 2.33. The first-order chi connectivity index (χ1) is 13.5. The first kappa shape index (κ1) is 20.7. The summed E-state index contributed by atoms with van der Waals surface area (Å²) in [6.45, 7) is 0.134. The number of amides is 2. The highest BCUT2D eigenvalue weighted by molar-refractivity contribution is 6.13. The second kappa shape index (κ2) is 7.41.